The maximum absolute atomic E-state index is 12.4. The second-order valence-corrected chi connectivity index (χ2v) is 4.68. The summed E-state index contributed by atoms with van der Waals surface area (Å²) >= 11 is 0. The first-order chi connectivity index (χ1) is 9.56. The molecule has 7 nitrogen and oxygen atoms in total. The predicted molar refractivity (Wildman–Crippen MR) is 70.7 cm³/mol. The molecule has 0 bridgehead atoms. The van der Waals surface area contributed by atoms with E-state index in [2.05, 4.69) is 0 Å². The fraction of sp³-hybridized carbons (Fsp3) is 0.462. The summed E-state index contributed by atoms with van der Waals surface area (Å²) in [6, 6.07) is 3.91. The zero-order chi connectivity index (χ0) is 14.7. The number of para-hydroxylation sites is 1. The molecule has 1 aromatic rings. The molecule has 2 rings (SSSR count). The number of nitro benzene ring substituents is 1. The molecule has 1 aliphatic heterocycles. The Morgan fingerprint density at radius 3 is 3.00 bits per heavy atom. The van der Waals surface area contributed by atoms with Crippen molar-refractivity contribution >= 4 is 11.6 Å². The third-order valence-electron chi connectivity index (χ3n) is 3.44. The number of benzene rings is 1. The van der Waals surface area contributed by atoms with Gasteiger partial charge >= 0.3 is 5.69 Å². The first-order valence-electron chi connectivity index (χ1n) is 6.32. The lowest BCUT2D eigenvalue weighted by molar-refractivity contribution is -0.385. The Kier molecular flexibility index (Phi) is 4.19. The molecule has 7 heteroatoms. The molecule has 0 aromatic heterocycles. The van der Waals surface area contributed by atoms with Gasteiger partial charge in [-0.2, -0.15) is 0 Å². The van der Waals surface area contributed by atoms with E-state index in [-0.39, 0.29) is 11.6 Å². The molecule has 1 aliphatic rings. The summed E-state index contributed by atoms with van der Waals surface area (Å²) in [5.74, 6) is -0.976. The van der Waals surface area contributed by atoms with Crippen LogP contribution in [0.2, 0.25) is 0 Å². The van der Waals surface area contributed by atoms with Gasteiger partial charge in [0.05, 0.1) is 23.1 Å². The number of rotatable bonds is 4. The van der Waals surface area contributed by atoms with Crippen molar-refractivity contribution in [2.75, 3.05) is 20.3 Å². The molecule has 1 saturated heterocycles. The highest BCUT2D eigenvalue weighted by atomic mass is 16.6. The molecule has 108 valence electrons. The molecule has 1 aromatic carbocycles. The Labute approximate surface area is 115 Å². The maximum atomic E-state index is 12.4. The van der Waals surface area contributed by atoms with E-state index in [9.17, 15) is 20.0 Å². The standard InChI is InChI=1S/C13H16N2O5/c1-20-8-9-4-3-7-14(9)13(17)10-5-2-6-11(12(10)16)15(18)19/h2,5-6,9,16H,3-4,7-8H2,1H3/t9-/m1/s1. The van der Waals surface area contributed by atoms with Crippen LogP contribution >= 0.6 is 0 Å². The van der Waals surface area contributed by atoms with E-state index in [1.54, 1.807) is 12.0 Å². The number of ether oxygens (including phenoxy) is 1. The van der Waals surface area contributed by atoms with Gasteiger partial charge in [-0.25, -0.2) is 0 Å². The number of nitrogens with zero attached hydrogens (tertiary/aromatic N) is 2. The second kappa shape index (κ2) is 5.87. The zero-order valence-electron chi connectivity index (χ0n) is 11.1. The van der Waals surface area contributed by atoms with Crippen LogP contribution in [-0.4, -0.2) is 47.1 Å². The van der Waals surface area contributed by atoms with Gasteiger partial charge in [0.15, 0.2) is 0 Å². The van der Waals surface area contributed by atoms with Crippen LogP contribution in [0.4, 0.5) is 5.69 Å². The fourth-order valence-electron chi connectivity index (χ4n) is 2.47. The summed E-state index contributed by atoms with van der Waals surface area (Å²) < 4.78 is 5.07. The van der Waals surface area contributed by atoms with E-state index in [1.165, 1.54) is 18.2 Å². The third-order valence-corrected chi connectivity index (χ3v) is 3.44. The van der Waals surface area contributed by atoms with Gasteiger partial charge in [0.25, 0.3) is 5.91 Å². The number of carbonyl (C=O) groups excluding carboxylic acids is 1. The van der Waals surface area contributed by atoms with E-state index < -0.39 is 22.3 Å². The summed E-state index contributed by atoms with van der Waals surface area (Å²) in [5.41, 5.74) is -0.499. The molecule has 0 spiro atoms. The highest BCUT2D eigenvalue weighted by Crippen LogP contribution is 2.31. The molecule has 0 unspecified atom stereocenters. The number of phenols is 1. The van der Waals surface area contributed by atoms with Crippen molar-refractivity contribution in [2.24, 2.45) is 0 Å². The van der Waals surface area contributed by atoms with Crippen LogP contribution in [-0.2, 0) is 4.74 Å². The van der Waals surface area contributed by atoms with E-state index in [1.807, 2.05) is 0 Å². The van der Waals surface area contributed by atoms with Crippen LogP contribution in [0.25, 0.3) is 0 Å². The number of hydrogen-bond donors (Lipinski definition) is 1. The van der Waals surface area contributed by atoms with Gasteiger partial charge in [-0.1, -0.05) is 6.07 Å². The van der Waals surface area contributed by atoms with Crippen molar-refractivity contribution < 1.29 is 19.6 Å². The predicted octanol–water partition coefficient (Wildman–Crippen LogP) is 1.55. The Morgan fingerprint density at radius 2 is 2.35 bits per heavy atom. The van der Waals surface area contributed by atoms with Crippen LogP contribution < -0.4 is 0 Å². The molecule has 1 N–H and O–H groups in total. The minimum atomic E-state index is -0.706. The minimum absolute atomic E-state index is 0.0396. The zero-order valence-corrected chi connectivity index (χ0v) is 11.1. The van der Waals surface area contributed by atoms with Gasteiger partial charge in [0.1, 0.15) is 0 Å². The SMILES string of the molecule is COC[C@H]1CCCN1C(=O)c1cccc([N+](=O)[O-])c1O. The molecule has 20 heavy (non-hydrogen) atoms. The summed E-state index contributed by atoms with van der Waals surface area (Å²) in [7, 11) is 1.56. The van der Waals surface area contributed by atoms with Crippen LogP contribution in [0.3, 0.4) is 0 Å². The number of amides is 1. The van der Waals surface area contributed by atoms with Crippen molar-refractivity contribution in [3.05, 3.63) is 33.9 Å². The molecule has 0 aliphatic carbocycles. The minimum Gasteiger partial charge on any atom is -0.502 e. The number of nitro groups is 1. The van der Waals surface area contributed by atoms with Crippen molar-refractivity contribution in [2.45, 2.75) is 18.9 Å². The molecule has 1 atom stereocenters. The number of hydrogen-bond acceptors (Lipinski definition) is 5. The van der Waals surface area contributed by atoms with Crippen LogP contribution in [0.15, 0.2) is 18.2 Å². The Hall–Kier alpha value is -2.15. The molecule has 1 heterocycles. The number of likely N-dealkylation sites (tertiary alicyclic amines) is 1. The van der Waals surface area contributed by atoms with Crippen LogP contribution in [0, 0.1) is 10.1 Å². The van der Waals surface area contributed by atoms with Crippen molar-refractivity contribution in [3.8, 4) is 5.75 Å². The lowest BCUT2D eigenvalue weighted by Crippen LogP contribution is -2.38. The summed E-state index contributed by atoms with van der Waals surface area (Å²) in [5, 5.41) is 20.7. The molecule has 0 saturated carbocycles. The van der Waals surface area contributed by atoms with Crippen molar-refractivity contribution in [1.29, 1.82) is 0 Å². The summed E-state index contributed by atoms with van der Waals surface area (Å²) in [6.07, 6.45) is 1.69. The second-order valence-electron chi connectivity index (χ2n) is 4.68. The molecule has 1 amide bonds. The van der Waals surface area contributed by atoms with Gasteiger partial charge in [-0.3, -0.25) is 14.9 Å². The van der Waals surface area contributed by atoms with Gasteiger partial charge < -0.3 is 14.7 Å². The molecular formula is C13H16N2O5. The highest BCUT2D eigenvalue weighted by Gasteiger charge is 2.32. The maximum Gasteiger partial charge on any atom is 0.311 e. The van der Waals surface area contributed by atoms with Gasteiger partial charge in [-0.05, 0) is 18.9 Å². The fourth-order valence-corrected chi connectivity index (χ4v) is 2.47. The first kappa shape index (κ1) is 14.3. The topological polar surface area (TPSA) is 92.9 Å². The van der Waals surface area contributed by atoms with E-state index in [4.69, 9.17) is 4.74 Å². The number of methoxy groups -OCH3 is 1. The number of phenolic OH excluding ortho intramolecular Hbond substituents is 1. The normalized spacial score (nSPS) is 18.2. The van der Waals surface area contributed by atoms with Crippen LogP contribution in [0.5, 0.6) is 5.75 Å². The molecule has 0 radical (unpaired) electrons. The van der Waals surface area contributed by atoms with Gasteiger partial charge in [-0.15, -0.1) is 0 Å². The monoisotopic (exact) mass is 280 g/mol. The third kappa shape index (κ3) is 2.57. The van der Waals surface area contributed by atoms with E-state index >= 15 is 0 Å². The van der Waals surface area contributed by atoms with Gasteiger partial charge in [0, 0.05) is 19.7 Å². The first-order valence-corrected chi connectivity index (χ1v) is 6.32. The largest absolute Gasteiger partial charge is 0.502 e. The lowest BCUT2D eigenvalue weighted by Gasteiger charge is -2.24. The Balaban J connectivity index is 2.29. The Morgan fingerprint density at radius 1 is 1.60 bits per heavy atom. The van der Waals surface area contributed by atoms with Crippen molar-refractivity contribution in [1.82, 2.24) is 4.90 Å². The Bertz CT molecular complexity index is 531. The van der Waals surface area contributed by atoms with Crippen LogP contribution in [0.1, 0.15) is 23.2 Å². The molecular weight excluding hydrogens is 264 g/mol. The number of carbonyl (C=O) groups is 1. The molecule has 1 fully saturated rings. The quantitative estimate of drug-likeness (QED) is 0.667. The summed E-state index contributed by atoms with van der Waals surface area (Å²) in [4.78, 5) is 24.1. The number of aromatic hydroxyl groups is 1. The smallest absolute Gasteiger partial charge is 0.311 e. The van der Waals surface area contributed by atoms with Gasteiger partial charge in [0.2, 0.25) is 5.75 Å². The average molecular weight is 280 g/mol. The lowest BCUT2D eigenvalue weighted by atomic mass is 10.1. The van der Waals surface area contributed by atoms with E-state index in [0.29, 0.717) is 13.2 Å². The van der Waals surface area contributed by atoms with Crippen molar-refractivity contribution in [3.63, 3.8) is 0 Å². The van der Waals surface area contributed by atoms with E-state index in [0.717, 1.165) is 12.8 Å². The average Bonchev–Trinajstić information content (AvgIpc) is 2.86. The highest BCUT2D eigenvalue weighted by molar-refractivity contribution is 5.98. The summed E-state index contributed by atoms with van der Waals surface area (Å²) in [6.45, 7) is 0.983.